The Bertz CT molecular complexity index is 506. The van der Waals surface area contributed by atoms with E-state index in [9.17, 15) is 0 Å². The van der Waals surface area contributed by atoms with E-state index in [1.165, 1.54) is 0 Å². The number of ether oxygens (including phenoxy) is 1. The second kappa shape index (κ2) is 5.54. The molecule has 17 heavy (non-hydrogen) atoms. The maximum atomic E-state index is 9.06. The fourth-order valence-electron chi connectivity index (χ4n) is 1.63. The number of nitrogens with zero attached hydrogens (tertiary/aromatic N) is 3. The summed E-state index contributed by atoms with van der Waals surface area (Å²) in [6.07, 6.45) is 0. The van der Waals surface area contributed by atoms with Gasteiger partial charge in [-0.25, -0.2) is 0 Å². The van der Waals surface area contributed by atoms with Crippen LogP contribution in [0.1, 0.15) is 36.5 Å². The maximum absolute atomic E-state index is 9.06. The Hall–Kier alpha value is -2.51. The van der Waals surface area contributed by atoms with E-state index >= 15 is 0 Å². The second-order valence-corrected chi connectivity index (χ2v) is 3.76. The van der Waals surface area contributed by atoms with Crippen molar-refractivity contribution in [3.8, 4) is 24.0 Å². The molecule has 0 unspecified atom stereocenters. The lowest BCUT2D eigenvalue weighted by Crippen LogP contribution is -2.01. The Balaban J connectivity index is 3.33. The van der Waals surface area contributed by atoms with Crippen molar-refractivity contribution >= 4 is 0 Å². The highest BCUT2D eigenvalue weighted by atomic mass is 16.5. The lowest BCUT2D eigenvalue weighted by Gasteiger charge is -2.12. The molecule has 0 spiro atoms. The zero-order valence-corrected chi connectivity index (χ0v) is 9.69. The van der Waals surface area contributed by atoms with E-state index in [0.717, 1.165) is 5.56 Å². The van der Waals surface area contributed by atoms with Gasteiger partial charge in [0, 0.05) is 0 Å². The maximum Gasteiger partial charge on any atom is 0.174 e. The minimum atomic E-state index is -0.100. The van der Waals surface area contributed by atoms with E-state index < -0.39 is 0 Å². The van der Waals surface area contributed by atoms with Gasteiger partial charge in [-0.05, 0) is 23.6 Å². The average Bonchev–Trinajstić information content (AvgIpc) is 2.34. The molecule has 1 aromatic carbocycles. The molecule has 0 radical (unpaired) electrons. The van der Waals surface area contributed by atoms with Crippen LogP contribution < -0.4 is 4.74 Å². The van der Waals surface area contributed by atoms with Crippen LogP contribution in [-0.4, -0.2) is 6.61 Å². The predicted molar refractivity (Wildman–Crippen MR) is 61.1 cm³/mol. The number of rotatable bonds is 3. The van der Waals surface area contributed by atoms with Crippen LogP contribution in [0.5, 0.6) is 5.75 Å². The smallest absolute Gasteiger partial charge is 0.174 e. The van der Waals surface area contributed by atoms with Gasteiger partial charge in [-0.3, -0.25) is 0 Å². The van der Waals surface area contributed by atoms with E-state index in [-0.39, 0.29) is 12.5 Å². The lowest BCUT2D eigenvalue weighted by atomic mass is 9.92. The Morgan fingerprint density at radius 2 is 1.65 bits per heavy atom. The van der Waals surface area contributed by atoms with E-state index in [4.69, 9.17) is 20.5 Å². The van der Waals surface area contributed by atoms with E-state index in [1.54, 1.807) is 12.1 Å². The summed E-state index contributed by atoms with van der Waals surface area (Å²) in [7, 11) is 0. The second-order valence-electron chi connectivity index (χ2n) is 3.76. The van der Waals surface area contributed by atoms with Crippen LogP contribution in [0.3, 0.4) is 0 Å². The first-order valence-corrected chi connectivity index (χ1v) is 5.12. The van der Waals surface area contributed by atoms with Gasteiger partial charge in [0.05, 0.1) is 23.3 Å². The van der Waals surface area contributed by atoms with Crippen molar-refractivity contribution in [2.24, 2.45) is 0 Å². The molecule has 0 atom stereocenters. The summed E-state index contributed by atoms with van der Waals surface area (Å²) in [4.78, 5) is 0. The highest BCUT2D eigenvalue weighted by molar-refractivity contribution is 5.54. The lowest BCUT2D eigenvalue weighted by molar-refractivity contribution is 0.368. The summed E-state index contributed by atoms with van der Waals surface area (Å²) in [6, 6.07) is 9.08. The Morgan fingerprint density at radius 1 is 1.12 bits per heavy atom. The van der Waals surface area contributed by atoms with Crippen LogP contribution in [0.4, 0.5) is 0 Å². The van der Waals surface area contributed by atoms with Crippen LogP contribution >= 0.6 is 0 Å². The third-order valence-corrected chi connectivity index (χ3v) is 2.28. The van der Waals surface area contributed by atoms with Crippen molar-refractivity contribution in [1.29, 1.82) is 15.8 Å². The molecule has 4 nitrogen and oxygen atoms in total. The Kier molecular flexibility index (Phi) is 4.09. The zero-order chi connectivity index (χ0) is 12.8. The summed E-state index contributed by atoms with van der Waals surface area (Å²) in [5, 5.41) is 26.5. The van der Waals surface area contributed by atoms with Gasteiger partial charge in [0.1, 0.15) is 11.8 Å². The molecular formula is C13H11N3O. The minimum Gasteiger partial charge on any atom is -0.479 e. The van der Waals surface area contributed by atoms with E-state index in [1.807, 2.05) is 19.9 Å². The third-order valence-electron chi connectivity index (χ3n) is 2.28. The largest absolute Gasteiger partial charge is 0.479 e. The number of hydrogen-bond acceptors (Lipinski definition) is 4. The molecular weight excluding hydrogens is 214 g/mol. The molecule has 0 N–H and O–H groups in total. The highest BCUT2D eigenvalue weighted by Gasteiger charge is 2.14. The normalized spacial score (nSPS) is 9.18. The van der Waals surface area contributed by atoms with Gasteiger partial charge in [0.2, 0.25) is 0 Å². The first kappa shape index (κ1) is 12.6. The molecule has 0 aliphatic carbocycles. The predicted octanol–water partition coefficient (Wildman–Crippen LogP) is 2.46. The summed E-state index contributed by atoms with van der Waals surface area (Å²) < 4.78 is 5.11. The molecule has 4 heteroatoms. The molecule has 0 fully saturated rings. The average molecular weight is 225 g/mol. The minimum absolute atomic E-state index is 0.0873. The van der Waals surface area contributed by atoms with Crippen molar-refractivity contribution in [2.75, 3.05) is 6.61 Å². The van der Waals surface area contributed by atoms with Crippen molar-refractivity contribution in [3.63, 3.8) is 0 Å². The van der Waals surface area contributed by atoms with Gasteiger partial charge in [-0.1, -0.05) is 13.8 Å². The molecule has 0 aliphatic rings. The van der Waals surface area contributed by atoms with Gasteiger partial charge in [-0.2, -0.15) is 15.8 Å². The SMILES string of the molecule is CC(C)c1c(C#N)cc(OCC#N)cc1C#N. The zero-order valence-electron chi connectivity index (χ0n) is 9.69. The first-order valence-electron chi connectivity index (χ1n) is 5.12. The quantitative estimate of drug-likeness (QED) is 0.791. The molecule has 0 amide bonds. The molecule has 1 aromatic rings. The number of hydrogen-bond donors (Lipinski definition) is 0. The Morgan fingerprint density at radius 3 is 2.00 bits per heavy atom. The van der Waals surface area contributed by atoms with Gasteiger partial charge in [-0.15, -0.1) is 0 Å². The monoisotopic (exact) mass is 225 g/mol. The molecule has 0 heterocycles. The van der Waals surface area contributed by atoms with Crippen LogP contribution in [0.2, 0.25) is 0 Å². The van der Waals surface area contributed by atoms with Crippen LogP contribution in [0.15, 0.2) is 12.1 Å². The van der Waals surface area contributed by atoms with E-state index in [2.05, 4.69) is 12.1 Å². The molecule has 0 bridgehead atoms. The molecule has 0 saturated carbocycles. The number of nitriles is 3. The summed E-state index contributed by atoms with van der Waals surface area (Å²) in [6.45, 7) is 3.75. The van der Waals surface area contributed by atoms with Gasteiger partial charge in [0.25, 0.3) is 0 Å². The summed E-state index contributed by atoms with van der Waals surface area (Å²) in [5.74, 6) is 0.466. The molecule has 0 aliphatic heterocycles. The topological polar surface area (TPSA) is 80.6 Å². The van der Waals surface area contributed by atoms with Gasteiger partial charge in [0.15, 0.2) is 6.61 Å². The molecule has 0 aromatic heterocycles. The van der Waals surface area contributed by atoms with Crippen molar-refractivity contribution in [3.05, 3.63) is 28.8 Å². The standard InChI is InChI=1S/C13H11N3O/c1-9(2)13-10(7-15)5-12(17-4-3-14)6-11(13)8-16/h5-6,9H,4H2,1-2H3. The third kappa shape index (κ3) is 2.74. The van der Waals surface area contributed by atoms with Crippen molar-refractivity contribution in [1.82, 2.24) is 0 Å². The van der Waals surface area contributed by atoms with Crippen molar-refractivity contribution < 1.29 is 4.74 Å². The fourth-order valence-corrected chi connectivity index (χ4v) is 1.63. The van der Waals surface area contributed by atoms with E-state index in [0.29, 0.717) is 16.9 Å². The fraction of sp³-hybridized carbons (Fsp3) is 0.308. The van der Waals surface area contributed by atoms with Crippen molar-refractivity contribution in [2.45, 2.75) is 19.8 Å². The van der Waals surface area contributed by atoms with Crippen LogP contribution in [0.25, 0.3) is 0 Å². The van der Waals surface area contributed by atoms with Crippen LogP contribution in [0, 0.1) is 34.0 Å². The van der Waals surface area contributed by atoms with Gasteiger partial charge >= 0.3 is 0 Å². The number of benzene rings is 1. The summed E-state index contributed by atoms with van der Waals surface area (Å²) in [5.41, 5.74) is 1.57. The summed E-state index contributed by atoms with van der Waals surface area (Å²) >= 11 is 0. The molecule has 1 rings (SSSR count). The highest BCUT2D eigenvalue weighted by Crippen LogP contribution is 2.27. The first-order chi connectivity index (χ1) is 8.13. The molecule has 84 valence electrons. The van der Waals surface area contributed by atoms with Crippen LogP contribution in [-0.2, 0) is 0 Å². The van der Waals surface area contributed by atoms with Gasteiger partial charge < -0.3 is 4.74 Å². The Labute approximate surface area is 100 Å². The molecule has 0 saturated heterocycles.